The Kier molecular flexibility index (Phi) is 5.51. The number of aromatic carboxylic acids is 1. The molecule has 31 heavy (non-hydrogen) atoms. The topological polar surface area (TPSA) is 101 Å². The van der Waals surface area contributed by atoms with E-state index >= 15 is 0 Å². The first-order chi connectivity index (χ1) is 15.0. The molecule has 2 aromatic carbocycles. The molecule has 0 fully saturated rings. The van der Waals surface area contributed by atoms with Crippen LogP contribution in [0.2, 0.25) is 5.02 Å². The van der Waals surface area contributed by atoms with Gasteiger partial charge in [0.1, 0.15) is 11.4 Å². The van der Waals surface area contributed by atoms with Crippen molar-refractivity contribution in [1.82, 2.24) is 14.9 Å². The number of hydrogen-bond donors (Lipinski definition) is 2. The highest BCUT2D eigenvalue weighted by molar-refractivity contribution is 6.31. The van der Waals surface area contributed by atoms with E-state index in [0.717, 1.165) is 0 Å². The number of carbonyl (C=O) groups is 2. The van der Waals surface area contributed by atoms with E-state index in [9.17, 15) is 19.5 Å². The number of aromatic nitrogens is 2. The molecule has 0 aliphatic rings. The Morgan fingerprint density at radius 1 is 1.03 bits per heavy atom. The first-order valence-corrected chi connectivity index (χ1v) is 9.70. The summed E-state index contributed by atoms with van der Waals surface area (Å²) in [5.74, 6) is -1.82. The van der Waals surface area contributed by atoms with Crippen LogP contribution >= 0.6 is 11.6 Å². The number of carbonyl (C=O) groups excluding carboxylic acids is 1. The third-order valence-corrected chi connectivity index (χ3v) is 5.00. The van der Waals surface area contributed by atoms with Crippen LogP contribution in [0.3, 0.4) is 0 Å². The number of nitrogens with one attached hydrogen (secondary N) is 1. The molecule has 4 aromatic rings. The Labute approximate surface area is 181 Å². The first kappa shape index (κ1) is 20.3. The second kappa shape index (κ2) is 8.41. The van der Waals surface area contributed by atoms with Gasteiger partial charge in [-0.25, -0.2) is 4.79 Å². The summed E-state index contributed by atoms with van der Waals surface area (Å²) < 4.78 is 1.47. The summed E-state index contributed by atoms with van der Waals surface area (Å²) in [6.45, 7) is -0.277. The molecule has 0 saturated carbocycles. The molecule has 0 saturated heterocycles. The highest BCUT2D eigenvalue weighted by Crippen LogP contribution is 2.25. The lowest BCUT2D eigenvalue weighted by molar-refractivity contribution is 0.0685. The van der Waals surface area contributed by atoms with Crippen LogP contribution in [0.5, 0.6) is 0 Å². The zero-order chi connectivity index (χ0) is 22.0. The molecule has 154 valence electrons. The van der Waals surface area contributed by atoms with Crippen LogP contribution in [-0.4, -0.2) is 26.5 Å². The van der Waals surface area contributed by atoms with Gasteiger partial charge in [-0.1, -0.05) is 35.9 Å². The fourth-order valence-electron chi connectivity index (χ4n) is 3.40. The average molecular weight is 434 g/mol. The molecule has 0 spiro atoms. The van der Waals surface area contributed by atoms with Gasteiger partial charge < -0.3 is 15.0 Å². The number of amides is 1. The van der Waals surface area contributed by atoms with Crippen molar-refractivity contribution in [3.8, 4) is 5.69 Å². The van der Waals surface area contributed by atoms with Gasteiger partial charge in [0.15, 0.2) is 5.43 Å². The number of nitrogens with zero attached hydrogens (tertiary/aromatic N) is 2. The molecule has 2 heterocycles. The molecule has 7 nitrogen and oxygen atoms in total. The number of fused-ring (bicyclic) bond motifs is 1. The van der Waals surface area contributed by atoms with Gasteiger partial charge >= 0.3 is 5.97 Å². The average Bonchev–Trinajstić information content (AvgIpc) is 2.79. The minimum atomic E-state index is -1.30. The van der Waals surface area contributed by atoms with Crippen molar-refractivity contribution in [3.63, 3.8) is 0 Å². The number of carboxylic acid groups (broad SMARTS) is 1. The number of benzene rings is 2. The third-order valence-electron chi connectivity index (χ3n) is 4.77. The number of halogens is 1. The van der Waals surface area contributed by atoms with Crippen LogP contribution in [0.15, 0.2) is 77.7 Å². The predicted octanol–water partition coefficient (Wildman–Crippen LogP) is 3.67. The maximum absolute atomic E-state index is 13.2. The summed E-state index contributed by atoms with van der Waals surface area (Å²) in [6, 6.07) is 18.3. The highest BCUT2D eigenvalue weighted by Gasteiger charge is 2.23. The number of pyridine rings is 2. The summed E-state index contributed by atoms with van der Waals surface area (Å²) in [5, 5.41) is 13.3. The lowest BCUT2D eigenvalue weighted by atomic mass is 10.1. The van der Waals surface area contributed by atoms with Gasteiger partial charge in [-0.3, -0.25) is 14.6 Å². The summed E-state index contributed by atoms with van der Waals surface area (Å²) in [7, 11) is 0. The fourth-order valence-corrected chi connectivity index (χ4v) is 3.56. The second-order valence-corrected chi connectivity index (χ2v) is 7.13. The first-order valence-electron chi connectivity index (χ1n) is 9.32. The van der Waals surface area contributed by atoms with Crippen molar-refractivity contribution in [2.45, 2.75) is 6.54 Å². The SMILES string of the molecule is O=C(NCc1c(C(=O)O)n(-c2ccccc2)c2cc(Cl)ccc2c1=O)c1ccccn1. The highest BCUT2D eigenvalue weighted by atomic mass is 35.5. The van der Waals surface area contributed by atoms with Crippen molar-refractivity contribution in [2.24, 2.45) is 0 Å². The van der Waals surface area contributed by atoms with Crippen LogP contribution in [0.1, 0.15) is 26.5 Å². The number of carboxylic acids is 1. The third kappa shape index (κ3) is 3.91. The van der Waals surface area contributed by atoms with E-state index in [1.54, 1.807) is 60.7 Å². The van der Waals surface area contributed by atoms with Crippen LogP contribution in [-0.2, 0) is 6.54 Å². The molecule has 1 amide bonds. The Morgan fingerprint density at radius 3 is 2.45 bits per heavy atom. The molecule has 0 bridgehead atoms. The monoisotopic (exact) mass is 433 g/mol. The van der Waals surface area contributed by atoms with Gasteiger partial charge in [-0.2, -0.15) is 0 Å². The van der Waals surface area contributed by atoms with E-state index < -0.39 is 17.3 Å². The standard InChI is InChI=1S/C23H16ClN3O4/c24-14-9-10-16-19(12-14)27(15-6-2-1-3-7-15)20(23(30)31)17(21(16)28)13-26-22(29)18-8-4-5-11-25-18/h1-12H,13H2,(H,26,29)(H,30,31). The lowest BCUT2D eigenvalue weighted by Gasteiger charge is -2.18. The minimum Gasteiger partial charge on any atom is -0.477 e. The van der Waals surface area contributed by atoms with Crippen LogP contribution < -0.4 is 10.7 Å². The van der Waals surface area contributed by atoms with Crippen LogP contribution in [0, 0.1) is 0 Å². The molecule has 0 atom stereocenters. The maximum atomic E-state index is 13.2. The predicted molar refractivity (Wildman–Crippen MR) is 117 cm³/mol. The van der Waals surface area contributed by atoms with E-state index in [0.29, 0.717) is 21.6 Å². The van der Waals surface area contributed by atoms with Gasteiger partial charge in [0.05, 0.1) is 11.1 Å². The molecule has 8 heteroatoms. The van der Waals surface area contributed by atoms with Crippen molar-refractivity contribution in [2.75, 3.05) is 0 Å². The van der Waals surface area contributed by atoms with Gasteiger partial charge in [0.2, 0.25) is 0 Å². The van der Waals surface area contributed by atoms with E-state index in [-0.39, 0.29) is 23.5 Å². The zero-order valence-electron chi connectivity index (χ0n) is 16.1. The van der Waals surface area contributed by atoms with Gasteiger partial charge in [-0.05, 0) is 42.5 Å². The second-order valence-electron chi connectivity index (χ2n) is 6.69. The van der Waals surface area contributed by atoms with Crippen molar-refractivity contribution >= 4 is 34.4 Å². The molecule has 0 unspecified atom stereocenters. The molecular formula is C23H16ClN3O4. The van der Waals surface area contributed by atoms with Gasteiger partial charge in [0.25, 0.3) is 5.91 Å². The van der Waals surface area contributed by atoms with Gasteiger partial charge in [-0.15, -0.1) is 0 Å². The van der Waals surface area contributed by atoms with Crippen molar-refractivity contribution in [3.05, 3.63) is 105 Å². The molecule has 0 aliphatic heterocycles. The smallest absolute Gasteiger partial charge is 0.353 e. The van der Waals surface area contributed by atoms with E-state index in [4.69, 9.17) is 11.6 Å². The fraction of sp³-hybridized carbons (Fsp3) is 0.0435. The van der Waals surface area contributed by atoms with E-state index in [1.165, 1.54) is 16.8 Å². The molecule has 2 aromatic heterocycles. The van der Waals surface area contributed by atoms with Gasteiger partial charge in [0, 0.05) is 28.8 Å². The summed E-state index contributed by atoms with van der Waals surface area (Å²) in [4.78, 5) is 41.9. The van der Waals surface area contributed by atoms with Crippen molar-refractivity contribution in [1.29, 1.82) is 0 Å². The molecule has 2 N–H and O–H groups in total. The Hall–Kier alpha value is -3.97. The van der Waals surface area contributed by atoms with Crippen molar-refractivity contribution < 1.29 is 14.7 Å². The Balaban J connectivity index is 1.93. The summed E-state index contributed by atoms with van der Waals surface area (Å²) in [6.07, 6.45) is 1.47. The van der Waals surface area contributed by atoms with Crippen LogP contribution in [0.4, 0.5) is 0 Å². The molecule has 0 aliphatic carbocycles. The maximum Gasteiger partial charge on any atom is 0.353 e. The number of para-hydroxylation sites is 1. The Morgan fingerprint density at radius 2 is 1.77 bits per heavy atom. The van der Waals surface area contributed by atoms with E-state index in [2.05, 4.69) is 10.3 Å². The number of rotatable bonds is 5. The number of hydrogen-bond acceptors (Lipinski definition) is 4. The molecular weight excluding hydrogens is 418 g/mol. The molecule has 0 radical (unpaired) electrons. The normalized spacial score (nSPS) is 10.7. The lowest BCUT2D eigenvalue weighted by Crippen LogP contribution is -2.31. The van der Waals surface area contributed by atoms with Crippen LogP contribution in [0.25, 0.3) is 16.6 Å². The van der Waals surface area contributed by atoms with E-state index in [1.807, 2.05) is 0 Å². The Bertz CT molecular complexity index is 1350. The summed E-state index contributed by atoms with van der Waals surface area (Å²) in [5.41, 5.74) is 0.293. The summed E-state index contributed by atoms with van der Waals surface area (Å²) >= 11 is 6.15. The largest absolute Gasteiger partial charge is 0.477 e. The molecule has 4 rings (SSSR count). The zero-order valence-corrected chi connectivity index (χ0v) is 16.8. The minimum absolute atomic E-state index is 0.0459. The quantitative estimate of drug-likeness (QED) is 0.500.